The summed E-state index contributed by atoms with van der Waals surface area (Å²) in [4.78, 5) is 0. The van der Waals surface area contributed by atoms with Gasteiger partial charge in [-0.3, -0.25) is 0 Å². The minimum Gasteiger partial charge on any atom is -0.316 e. The third kappa shape index (κ3) is 1.55. The summed E-state index contributed by atoms with van der Waals surface area (Å²) in [6, 6.07) is 6.97. The fraction of sp³-hybridized carbons (Fsp3) is 0.500. The molecule has 1 fully saturated rings. The van der Waals surface area contributed by atoms with Crippen LogP contribution >= 0.6 is 0 Å². The lowest BCUT2D eigenvalue weighted by Gasteiger charge is -2.27. The van der Waals surface area contributed by atoms with Crippen LogP contribution in [0.4, 0.5) is 4.39 Å². The zero-order valence-corrected chi connectivity index (χ0v) is 8.52. The van der Waals surface area contributed by atoms with Crippen molar-refractivity contribution in [3.05, 3.63) is 35.6 Å². The van der Waals surface area contributed by atoms with Gasteiger partial charge in [0.1, 0.15) is 5.82 Å². The van der Waals surface area contributed by atoms with Gasteiger partial charge in [-0.25, -0.2) is 4.39 Å². The molecule has 0 spiro atoms. The van der Waals surface area contributed by atoms with Crippen LogP contribution in [-0.2, 0) is 5.41 Å². The summed E-state index contributed by atoms with van der Waals surface area (Å²) in [5, 5.41) is 3.38. The van der Waals surface area contributed by atoms with Gasteiger partial charge in [-0.15, -0.1) is 0 Å². The Morgan fingerprint density at radius 2 is 2.07 bits per heavy atom. The number of benzene rings is 1. The normalized spacial score (nSPS) is 26.7. The van der Waals surface area contributed by atoms with Crippen LogP contribution in [0.25, 0.3) is 0 Å². The van der Waals surface area contributed by atoms with Crippen molar-refractivity contribution in [2.24, 2.45) is 0 Å². The maximum absolute atomic E-state index is 12.8. The lowest BCUT2D eigenvalue weighted by atomic mass is 9.77. The van der Waals surface area contributed by atoms with Crippen LogP contribution < -0.4 is 5.32 Å². The monoisotopic (exact) mass is 193 g/mol. The number of hydrogen-bond donors (Lipinski definition) is 1. The van der Waals surface area contributed by atoms with Crippen LogP contribution in [0, 0.1) is 5.82 Å². The van der Waals surface area contributed by atoms with Crippen LogP contribution in [-0.4, -0.2) is 13.1 Å². The zero-order chi connectivity index (χ0) is 10.0. The van der Waals surface area contributed by atoms with E-state index in [1.54, 1.807) is 12.1 Å². The first-order valence-corrected chi connectivity index (χ1v) is 5.24. The zero-order valence-electron chi connectivity index (χ0n) is 8.52. The second-order valence-electron chi connectivity index (χ2n) is 4.07. The van der Waals surface area contributed by atoms with Gasteiger partial charge in [0.05, 0.1) is 0 Å². The van der Waals surface area contributed by atoms with E-state index in [0.717, 1.165) is 25.9 Å². The maximum Gasteiger partial charge on any atom is 0.123 e. The summed E-state index contributed by atoms with van der Waals surface area (Å²) < 4.78 is 12.8. The van der Waals surface area contributed by atoms with E-state index in [-0.39, 0.29) is 11.2 Å². The first kappa shape index (κ1) is 9.66. The number of halogens is 1. The van der Waals surface area contributed by atoms with Gasteiger partial charge in [0.15, 0.2) is 0 Å². The molecular weight excluding hydrogens is 177 g/mol. The molecule has 1 aromatic carbocycles. The lowest BCUT2D eigenvalue weighted by Crippen LogP contribution is -2.27. The van der Waals surface area contributed by atoms with Gasteiger partial charge in [-0.1, -0.05) is 19.1 Å². The fourth-order valence-electron chi connectivity index (χ4n) is 2.30. The second kappa shape index (κ2) is 3.70. The van der Waals surface area contributed by atoms with Crippen LogP contribution in [0.3, 0.4) is 0 Å². The molecule has 1 N–H and O–H groups in total. The van der Waals surface area contributed by atoms with Crippen LogP contribution in [0.2, 0.25) is 0 Å². The summed E-state index contributed by atoms with van der Waals surface area (Å²) in [5.41, 5.74) is 1.51. The highest BCUT2D eigenvalue weighted by molar-refractivity contribution is 5.27. The van der Waals surface area contributed by atoms with Crippen molar-refractivity contribution in [1.29, 1.82) is 0 Å². The molecule has 14 heavy (non-hydrogen) atoms. The minimum atomic E-state index is -0.147. The summed E-state index contributed by atoms with van der Waals surface area (Å²) in [6.07, 6.45) is 2.28. The van der Waals surface area contributed by atoms with Crippen LogP contribution in [0.15, 0.2) is 24.3 Å². The number of rotatable bonds is 2. The molecular formula is C12H16FN. The Labute approximate surface area is 84.3 Å². The number of nitrogens with one attached hydrogen (secondary N) is 1. The molecule has 0 bridgehead atoms. The molecule has 0 saturated carbocycles. The van der Waals surface area contributed by atoms with Crippen LogP contribution in [0.1, 0.15) is 25.3 Å². The highest BCUT2D eigenvalue weighted by atomic mass is 19.1. The van der Waals surface area contributed by atoms with E-state index in [0.29, 0.717) is 0 Å². The molecule has 0 radical (unpaired) electrons. The average molecular weight is 193 g/mol. The first-order valence-electron chi connectivity index (χ1n) is 5.24. The molecule has 0 aliphatic carbocycles. The largest absolute Gasteiger partial charge is 0.316 e. The lowest BCUT2D eigenvalue weighted by molar-refractivity contribution is 0.453. The molecule has 2 heteroatoms. The maximum atomic E-state index is 12.8. The van der Waals surface area contributed by atoms with Gasteiger partial charge in [-0.2, -0.15) is 0 Å². The molecule has 1 aliphatic heterocycles. The van der Waals surface area contributed by atoms with E-state index in [9.17, 15) is 4.39 Å². The van der Waals surface area contributed by atoms with E-state index in [1.807, 2.05) is 12.1 Å². The predicted molar refractivity (Wildman–Crippen MR) is 55.9 cm³/mol. The molecule has 1 nitrogen and oxygen atoms in total. The molecule has 0 amide bonds. The van der Waals surface area contributed by atoms with Crippen molar-refractivity contribution in [2.75, 3.05) is 13.1 Å². The molecule has 1 unspecified atom stereocenters. The van der Waals surface area contributed by atoms with Crippen molar-refractivity contribution >= 4 is 0 Å². The van der Waals surface area contributed by atoms with Crippen molar-refractivity contribution < 1.29 is 4.39 Å². The molecule has 76 valence electrons. The van der Waals surface area contributed by atoms with Crippen molar-refractivity contribution in [1.82, 2.24) is 5.32 Å². The topological polar surface area (TPSA) is 12.0 Å². The third-order valence-corrected chi connectivity index (χ3v) is 3.38. The fourth-order valence-corrected chi connectivity index (χ4v) is 2.30. The molecule has 1 saturated heterocycles. The second-order valence-corrected chi connectivity index (χ2v) is 4.07. The van der Waals surface area contributed by atoms with E-state index in [1.165, 1.54) is 5.56 Å². The highest BCUT2D eigenvalue weighted by Gasteiger charge is 2.33. The number of hydrogen-bond acceptors (Lipinski definition) is 1. The Bertz CT molecular complexity index is 299. The third-order valence-electron chi connectivity index (χ3n) is 3.38. The summed E-state index contributed by atoms with van der Waals surface area (Å²) in [5.74, 6) is -0.147. The van der Waals surface area contributed by atoms with Crippen LogP contribution in [0.5, 0.6) is 0 Å². The Kier molecular flexibility index (Phi) is 2.55. The smallest absolute Gasteiger partial charge is 0.123 e. The van der Waals surface area contributed by atoms with Gasteiger partial charge in [0.25, 0.3) is 0 Å². The van der Waals surface area contributed by atoms with Gasteiger partial charge < -0.3 is 5.32 Å². The summed E-state index contributed by atoms with van der Waals surface area (Å²) in [6.45, 7) is 4.30. The first-order chi connectivity index (χ1) is 6.77. The van der Waals surface area contributed by atoms with E-state index in [4.69, 9.17) is 0 Å². The van der Waals surface area contributed by atoms with Crippen molar-refractivity contribution in [2.45, 2.75) is 25.2 Å². The van der Waals surface area contributed by atoms with Gasteiger partial charge in [-0.05, 0) is 37.1 Å². The molecule has 1 heterocycles. The van der Waals surface area contributed by atoms with E-state index >= 15 is 0 Å². The highest BCUT2D eigenvalue weighted by Crippen LogP contribution is 2.33. The Morgan fingerprint density at radius 3 is 2.57 bits per heavy atom. The average Bonchev–Trinajstić information content (AvgIpc) is 2.68. The molecule has 1 atom stereocenters. The Morgan fingerprint density at radius 1 is 1.36 bits per heavy atom. The SMILES string of the molecule is CCC1(c2ccc(F)cc2)CCNC1. The summed E-state index contributed by atoms with van der Waals surface area (Å²) in [7, 11) is 0. The van der Waals surface area contributed by atoms with Crippen molar-refractivity contribution in [3.63, 3.8) is 0 Å². The van der Waals surface area contributed by atoms with Gasteiger partial charge >= 0.3 is 0 Å². The summed E-state index contributed by atoms with van der Waals surface area (Å²) >= 11 is 0. The molecule has 1 aliphatic rings. The predicted octanol–water partition coefficient (Wildman–Crippen LogP) is 2.47. The standard InChI is InChI=1S/C12H16FN/c1-2-12(7-8-14-9-12)10-3-5-11(13)6-4-10/h3-6,14H,2,7-9H2,1H3. The minimum absolute atomic E-state index is 0.147. The Hall–Kier alpha value is -0.890. The van der Waals surface area contributed by atoms with E-state index < -0.39 is 0 Å². The van der Waals surface area contributed by atoms with Gasteiger partial charge in [0.2, 0.25) is 0 Å². The van der Waals surface area contributed by atoms with Crippen molar-refractivity contribution in [3.8, 4) is 0 Å². The van der Waals surface area contributed by atoms with E-state index in [2.05, 4.69) is 12.2 Å². The quantitative estimate of drug-likeness (QED) is 0.760. The molecule has 1 aromatic rings. The molecule has 2 rings (SSSR count). The van der Waals surface area contributed by atoms with Gasteiger partial charge in [0, 0.05) is 12.0 Å². The Balaban J connectivity index is 2.31. The molecule has 0 aromatic heterocycles.